The van der Waals surface area contributed by atoms with Crippen molar-refractivity contribution < 1.29 is 13.9 Å². The van der Waals surface area contributed by atoms with Crippen LogP contribution >= 0.6 is 11.3 Å². The van der Waals surface area contributed by atoms with Gasteiger partial charge in [0.2, 0.25) is 0 Å². The minimum absolute atomic E-state index is 0.0461. The van der Waals surface area contributed by atoms with Crippen LogP contribution in [0.25, 0.3) is 10.2 Å². The summed E-state index contributed by atoms with van der Waals surface area (Å²) in [4.78, 5) is 33.5. The van der Waals surface area contributed by atoms with E-state index in [4.69, 9.17) is 9.72 Å². The smallest absolute Gasteiger partial charge is 0.264 e. The lowest BCUT2D eigenvalue weighted by Crippen LogP contribution is -2.31. The van der Waals surface area contributed by atoms with Crippen molar-refractivity contribution in [1.82, 2.24) is 14.5 Å². The van der Waals surface area contributed by atoms with Gasteiger partial charge in [-0.25, -0.2) is 9.37 Å². The van der Waals surface area contributed by atoms with Crippen LogP contribution in [0.1, 0.15) is 40.3 Å². The molecule has 8 heteroatoms. The van der Waals surface area contributed by atoms with Crippen molar-refractivity contribution in [2.75, 3.05) is 20.2 Å². The molecule has 0 fully saturated rings. The summed E-state index contributed by atoms with van der Waals surface area (Å²) >= 11 is 1.27. The Morgan fingerprint density at radius 2 is 2.10 bits per heavy atom. The molecule has 1 aliphatic heterocycles. The molecule has 158 valence electrons. The topological polar surface area (TPSA) is 64.4 Å². The number of carbonyl (C=O) groups excluding carboxylic acids is 1. The third kappa shape index (κ3) is 3.84. The van der Waals surface area contributed by atoms with Crippen molar-refractivity contribution in [3.63, 3.8) is 0 Å². The highest BCUT2D eigenvalue weighted by Crippen LogP contribution is 2.29. The van der Waals surface area contributed by atoms with Gasteiger partial charge in [0.25, 0.3) is 11.5 Å². The average Bonchev–Trinajstić information content (AvgIpc) is 2.89. The number of fused-ring (bicyclic) bond motifs is 2. The summed E-state index contributed by atoms with van der Waals surface area (Å²) < 4.78 is 20.9. The summed E-state index contributed by atoms with van der Waals surface area (Å²) in [6, 6.07) is 6.17. The van der Waals surface area contributed by atoms with E-state index in [1.165, 1.54) is 22.3 Å². The lowest BCUT2D eigenvalue weighted by Gasteiger charge is -2.17. The van der Waals surface area contributed by atoms with Crippen molar-refractivity contribution in [2.24, 2.45) is 0 Å². The van der Waals surface area contributed by atoms with Crippen molar-refractivity contribution in [3.8, 4) is 5.75 Å². The zero-order valence-electron chi connectivity index (χ0n) is 17.1. The van der Waals surface area contributed by atoms with E-state index in [0.717, 1.165) is 31.5 Å². The van der Waals surface area contributed by atoms with E-state index in [-0.39, 0.29) is 23.8 Å². The number of likely N-dealkylation sites (N-methyl/N-ethyl adjacent to an activating group) is 1. The summed E-state index contributed by atoms with van der Waals surface area (Å²) in [5.74, 6) is 0.359. The molecule has 0 aliphatic carbocycles. The molecular formula is C22H24FN3O3S. The first-order valence-corrected chi connectivity index (χ1v) is 10.9. The molecule has 1 aliphatic rings. The van der Waals surface area contributed by atoms with Gasteiger partial charge in [0.15, 0.2) is 11.6 Å². The number of aromatic nitrogens is 2. The van der Waals surface area contributed by atoms with E-state index in [0.29, 0.717) is 33.7 Å². The number of amides is 1. The number of nitrogens with zero attached hydrogens (tertiary/aromatic N) is 3. The second-order valence-electron chi connectivity index (χ2n) is 7.54. The molecule has 0 saturated carbocycles. The fraction of sp³-hybridized carbons (Fsp3) is 0.409. The third-order valence-corrected chi connectivity index (χ3v) is 6.65. The summed E-state index contributed by atoms with van der Waals surface area (Å²) in [6.07, 6.45) is 3.89. The predicted molar refractivity (Wildman–Crippen MR) is 115 cm³/mol. The average molecular weight is 430 g/mol. The second-order valence-corrected chi connectivity index (χ2v) is 8.54. The molecule has 2 aromatic heterocycles. The molecule has 1 aromatic carbocycles. The molecule has 0 spiro atoms. The monoisotopic (exact) mass is 429 g/mol. The van der Waals surface area contributed by atoms with Crippen LogP contribution < -0.4 is 10.3 Å². The molecule has 0 radical (unpaired) electrons. The summed E-state index contributed by atoms with van der Waals surface area (Å²) in [7, 11) is 1.67. The van der Waals surface area contributed by atoms with Gasteiger partial charge in [0.1, 0.15) is 17.3 Å². The Balaban J connectivity index is 1.54. The molecule has 0 bridgehead atoms. The Hall–Kier alpha value is -2.74. The molecule has 1 amide bonds. The van der Waals surface area contributed by atoms with Gasteiger partial charge in [-0.05, 0) is 37.5 Å². The molecule has 0 unspecified atom stereocenters. The SMILES string of the molecule is Cc1c(C(=O)N(C)CCOc2ccccc2F)sc2nc3n(c(=O)c12)CCCCC3. The maximum absolute atomic E-state index is 13.7. The van der Waals surface area contributed by atoms with Gasteiger partial charge >= 0.3 is 0 Å². The van der Waals surface area contributed by atoms with E-state index < -0.39 is 5.82 Å². The Bertz CT molecular complexity index is 1150. The number of aryl methyl sites for hydroxylation is 2. The first-order valence-electron chi connectivity index (χ1n) is 10.1. The van der Waals surface area contributed by atoms with Crippen LogP contribution in [0.5, 0.6) is 5.75 Å². The maximum Gasteiger partial charge on any atom is 0.264 e. The standard InChI is InChI=1S/C22H24FN3O3S/c1-14-18-20(24-17-10-4-3-7-11-26(17)21(18)27)30-19(14)22(28)25(2)12-13-29-16-9-6-5-8-15(16)23/h5-6,8-9H,3-4,7,10-13H2,1-2H3. The van der Waals surface area contributed by atoms with E-state index >= 15 is 0 Å². The van der Waals surface area contributed by atoms with Gasteiger partial charge in [-0.1, -0.05) is 18.6 Å². The van der Waals surface area contributed by atoms with Crippen LogP contribution in [0, 0.1) is 12.7 Å². The van der Waals surface area contributed by atoms with E-state index in [2.05, 4.69) is 0 Å². The summed E-state index contributed by atoms with van der Waals surface area (Å²) in [5, 5.41) is 0.546. The summed E-state index contributed by atoms with van der Waals surface area (Å²) in [6.45, 7) is 2.96. The van der Waals surface area contributed by atoms with Gasteiger partial charge in [0.05, 0.1) is 16.8 Å². The van der Waals surface area contributed by atoms with Gasteiger partial charge in [-0.2, -0.15) is 0 Å². The first kappa shape index (κ1) is 20.5. The normalized spacial score (nSPS) is 13.7. The minimum Gasteiger partial charge on any atom is -0.489 e. The Labute approximate surface area is 177 Å². The largest absolute Gasteiger partial charge is 0.489 e. The zero-order valence-corrected chi connectivity index (χ0v) is 17.9. The van der Waals surface area contributed by atoms with Crippen molar-refractivity contribution in [2.45, 2.75) is 39.2 Å². The number of ether oxygens (including phenoxy) is 1. The first-order chi connectivity index (χ1) is 14.5. The number of para-hydroxylation sites is 1. The van der Waals surface area contributed by atoms with Crippen LogP contribution in [0.3, 0.4) is 0 Å². The van der Waals surface area contributed by atoms with Crippen LogP contribution in [0.15, 0.2) is 29.1 Å². The number of benzene rings is 1. The lowest BCUT2D eigenvalue weighted by atomic mass is 10.2. The van der Waals surface area contributed by atoms with Gasteiger partial charge in [-0.15, -0.1) is 11.3 Å². The fourth-order valence-corrected chi connectivity index (χ4v) is 4.93. The van der Waals surface area contributed by atoms with Crippen molar-refractivity contribution >= 4 is 27.5 Å². The molecular weight excluding hydrogens is 405 g/mol. The summed E-state index contributed by atoms with van der Waals surface area (Å²) in [5.41, 5.74) is 0.633. The minimum atomic E-state index is -0.432. The third-order valence-electron chi connectivity index (χ3n) is 5.47. The van der Waals surface area contributed by atoms with Crippen molar-refractivity contribution in [3.05, 3.63) is 56.7 Å². The van der Waals surface area contributed by atoms with Crippen LogP contribution in [0.4, 0.5) is 4.39 Å². The second kappa shape index (κ2) is 8.55. The lowest BCUT2D eigenvalue weighted by molar-refractivity contribution is 0.0777. The number of rotatable bonds is 5. The van der Waals surface area contributed by atoms with E-state index in [1.54, 1.807) is 29.8 Å². The highest BCUT2D eigenvalue weighted by Gasteiger charge is 2.24. The van der Waals surface area contributed by atoms with Crippen LogP contribution in [-0.2, 0) is 13.0 Å². The fourth-order valence-electron chi connectivity index (χ4n) is 3.74. The molecule has 4 rings (SSSR count). The van der Waals surface area contributed by atoms with E-state index in [1.807, 2.05) is 6.92 Å². The molecule has 30 heavy (non-hydrogen) atoms. The van der Waals surface area contributed by atoms with Gasteiger partial charge in [-0.3, -0.25) is 14.2 Å². The van der Waals surface area contributed by atoms with Gasteiger partial charge < -0.3 is 9.64 Å². The highest BCUT2D eigenvalue weighted by atomic mass is 32.1. The Kier molecular flexibility index (Phi) is 5.85. The molecule has 0 atom stereocenters. The number of carbonyl (C=O) groups is 1. The van der Waals surface area contributed by atoms with Gasteiger partial charge in [0, 0.05) is 20.0 Å². The molecule has 6 nitrogen and oxygen atoms in total. The number of thiophene rings is 1. The maximum atomic E-state index is 13.7. The number of halogens is 1. The van der Waals surface area contributed by atoms with E-state index in [9.17, 15) is 14.0 Å². The molecule has 0 N–H and O–H groups in total. The Morgan fingerprint density at radius 1 is 1.30 bits per heavy atom. The zero-order chi connectivity index (χ0) is 21.3. The predicted octanol–water partition coefficient (Wildman–Crippen LogP) is 3.78. The van der Waals surface area contributed by atoms with Crippen LogP contribution in [0.2, 0.25) is 0 Å². The number of hydrogen-bond donors (Lipinski definition) is 0. The highest BCUT2D eigenvalue weighted by molar-refractivity contribution is 7.20. The number of hydrogen-bond acceptors (Lipinski definition) is 5. The van der Waals surface area contributed by atoms with Crippen molar-refractivity contribution in [1.29, 1.82) is 0 Å². The quantitative estimate of drug-likeness (QED) is 0.619. The Morgan fingerprint density at radius 3 is 2.90 bits per heavy atom. The molecule has 3 aromatic rings. The van der Waals surface area contributed by atoms with Crippen LogP contribution in [-0.4, -0.2) is 40.6 Å². The molecule has 0 saturated heterocycles. The molecule has 3 heterocycles.